The summed E-state index contributed by atoms with van der Waals surface area (Å²) in [6, 6.07) is 8.62. The van der Waals surface area contributed by atoms with E-state index in [1.165, 1.54) is 12.0 Å². The number of nitrogens with zero attached hydrogens (tertiary/aromatic N) is 1. The predicted octanol–water partition coefficient (Wildman–Crippen LogP) is -1.00. The zero-order chi connectivity index (χ0) is 14.5. The first-order valence-electron chi connectivity index (χ1n) is 6.36. The number of aliphatic hydroxyl groups is 1. The summed E-state index contributed by atoms with van der Waals surface area (Å²) in [4.78, 5) is 27.1. The maximum Gasteiger partial charge on any atom is 0.450 e. The number of nitrogens with one attached hydrogen (secondary N) is 1. The molecule has 1 amide bonds. The molecule has 2 N–H and O–H groups in total. The first-order valence-corrected chi connectivity index (χ1v) is 6.36. The lowest BCUT2D eigenvalue weighted by atomic mass is 10.1. The number of hydrogen-bond donors (Lipinski definition) is 2. The summed E-state index contributed by atoms with van der Waals surface area (Å²) in [7, 11) is 1.26. The van der Waals surface area contributed by atoms with E-state index in [2.05, 4.69) is 9.73 Å². The van der Waals surface area contributed by atoms with Crippen molar-refractivity contribution in [2.45, 2.75) is 18.9 Å². The fraction of sp³-hybridized carbons (Fsp3) is 0.357. The molecule has 6 nitrogen and oxygen atoms in total. The van der Waals surface area contributed by atoms with Crippen molar-refractivity contribution in [3.8, 4) is 0 Å². The van der Waals surface area contributed by atoms with Gasteiger partial charge in [0.2, 0.25) is 6.04 Å². The van der Waals surface area contributed by atoms with Crippen molar-refractivity contribution in [2.75, 3.05) is 13.7 Å². The molecular weight excluding hydrogens is 260 g/mol. The van der Waals surface area contributed by atoms with Crippen LogP contribution in [0, 0.1) is 0 Å². The van der Waals surface area contributed by atoms with E-state index >= 15 is 0 Å². The third kappa shape index (κ3) is 3.14. The van der Waals surface area contributed by atoms with Crippen LogP contribution in [0.4, 0.5) is 0 Å². The van der Waals surface area contributed by atoms with Gasteiger partial charge in [0, 0.05) is 0 Å². The highest BCUT2D eigenvalue weighted by molar-refractivity contribution is 5.93. The van der Waals surface area contributed by atoms with Gasteiger partial charge in [0.25, 0.3) is 0 Å². The molecule has 1 aromatic rings. The molecule has 0 saturated heterocycles. The van der Waals surface area contributed by atoms with Crippen molar-refractivity contribution < 1.29 is 24.4 Å². The van der Waals surface area contributed by atoms with Crippen LogP contribution in [0.3, 0.4) is 0 Å². The summed E-state index contributed by atoms with van der Waals surface area (Å²) in [6.45, 7) is 0.0894. The fourth-order valence-electron chi connectivity index (χ4n) is 2.08. The second kappa shape index (κ2) is 6.18. The van der Waals surface area contributed by atoms with E-state index in [4.69, 9.17) is 0 Å². The first-order chi connectivity index (χ1) is 9.61. The average Bonchev–Trinajstić information content (AvgIpc) is 2.87. The number of methoxy groups -OCH3 is 1. The van der Waals surface area contributed by atoms with Gasteiger partial charge in [-0.1, -0.05) is 30.3 Å². The van der Waals surface area contributed by atoms with Gasteiger partial charge in [0.15, 0.2) is 0 Å². The molecular formula is C14H17N2O4+. The second-order valence-electron chi connectivity index (χ2n) is 4.53. The molecule has 2 rings (SSSR count). The number of amidine groups is 1. The molecule has 0 aliphatic carbocycles. The Labute approximate surface area is 116 Å². The Kier molecular flexibility index (Phi) is 4.34. The average molecular weight is 277 g/mol. The van der Waals surface area contributed by atoms with Gasteiger partial charge in [-0.05, 0) is 12.0 Å². The van der Waals surface area contributed by atoms with Crippen molar-refractivity contribution in [3.63, 3.8) is 0 Å². The van der Waals surface area contributed by atoms with Crippen LogP contribution < -0.4 is 4.99 Å². The molecule has 0 spiro atoms. The Balaban J connectivity index is 1.91. The molecule has 0 radical (unpaired) electrons. The van der Waals surface area contributed by atoms with Gasteiger partial charge >= 0.3 is 17.9 Å². The van der Waals surface area contributed by atoms with Crippen LogP contribution in [0.25, 0.3) is 0 Å². The summed E-state index contributed by atoms with van der Waals surface area (Å²) in [5.41, 5.74) is 1.05. The third-order valence-electron chi connectivity index (χ3n) is 3.18. The Bertz CT molecular complexity index is 527. The molecule has 1 unspecified atom stereocenters. The summed E-state index contributed by atoms with van der Waals surface area (Å²) in [6.07, 6.45) is 0.857. The highest BCUT2D eigenvalue weighted by atomic mass is 16.5. The van der Waals surface area contributed by atoms with E-state index in [-0.39, 0.29) is 24.9 Å². The second-order valence-corrected chi connectivity index (χ2v) is 4.53. The molecule has 1 aliphatic rings. The molecule has 1 aromatic carbocycles. The Morgan fingerprint density at radius 1 is 1.40 bits per heavy atom. The molecule has 0 bridgehead atoms. The predicted molar refractivity (Wildman–Crippen MR) is 70.9 cm³/mol. The van der Waals surface area contributed by atoms with Crippen LogP contribution >= 0.6 is 0 Å². The molecule has 1 aliphatic heterocycles. The van der Waals surface area contributed by atoms with Gasteiger partial charge in [0.1, 0.15) is 6.54 Å². The van der Waals surface area contributed by atoms with Crippen molar-refractivity contribution in [2.24, 2.45) is 0 Å². The Morgan fingerprint density at radius 3 is 2.75 bits per heavy atom. The van der Waals surface area contributed by atoms with Gasteiger partial charge in [-0.3, -0.25) is 0 Å². The molecule has 1 atom stereocenters. The van der Waals surface area contributed by atoms with Gasteiger partial charge in [-0.2, -0.15) is 4.90 Å². The number of aliphatic hydroxyl groups excluding tert-OH is 1. The fourth-order valence-corrected chi connectivity index (χ4v) is 2.08. The van der Waals surface area contributed by atoms with E-state index in [9.17, 15) is 14.7 Å². The van der Waals surface area contributed by atoms with Crippen LogP contribution in [0.2, 0.25) is 0 Å². The molecule has 0 saturated carbocycles. The van der Waals surface area contributed by atoms with Crippen molar-refractivity contribution in [1.82, 2.24) is 4.90 Å². The number of amides is 1. The van der Waals surface area contributed by atoms with E-state index in [0.717, 1.165) is 5.56 Å². The number of hydrogen-bond acceptors (Lipinski definition) is 3. The van der Waals surface area contributed by atoms with Crippen molar-refractivity contribution >= 4 is 17.9 Å². The minimum Gasteiger partial charge on any atom is -0.466 e. The summed E-state index contributed by atoms with van der Waals surface area (Å²) in [5.74, 6) is -0.736. The minimum atomic E-state index is -0.708. The van der Waals surface area contributed by atoms with Gasteiger partial charge in [-0.15, -0.1) is 0 Å². The van der Waals surface area contributed by atoms with Crippen molar-refractivity contribution in [3.05, 3.63) is 35.9 Å². The van der Waals surface area contributed by atoms with Crippen LogP contribution in [0.5, 0.6) is 0 Å². The quantitative estimate of drug-likeness (QED) is 0.692. The summed E-state index contributed by atoms with van der Waals surface area (Å²) >= 11 is 0. The van der Waals surface area contributed by atoms with Gasteiger partial charge in [0.05, 0.1) is 13.5 Å². The van der Waals surface area contributed by atoms with E-state index < -0.39 is 12.0 Å². The van der Waals surface area contributed by atoms with Crippen LogP contribution in [-0.4, -0.2) is 47.6 Å². The van der Waals surface area contributed by atoms with E-state index in [0.29, 0.717) is 6.42 Å². The van der Waals surface area contributed by atoms with Gasteiger partial charge in [-0.25, -0.2) is 14.6 Å². The van der Waals surface area contributed by atoms with E-state index in [1.54, 1.807) is 0 Å². The van der Waals surface area contributed by atoms with Crippen LogP contribution in [0.1, 0.15) is 12.0 Å². The molecule has 106 valence electrons. The lowest BCUT2D eigenvalue weighted by Gasteiger charge is -2.07. The number of rotatable bonds is 4. The molecule has 6 heteroatoms. The number of benzene rings is 1. The number of esters is 1. The minimum absolute atomic E-state index is 0.0894. The standard InChI is InChI=1S/C14H16N2O4/c1-20-13(18)11-9-16(14(19)15-11)12(17)8-7-10-5-3-2-4-6-10/h2-6,11H,7-9H2,1H3,(H,15,19)/p+1. The highest BCUT2D eigenvalue weighted by Gasteiger charge is 2.41. The maximum absolute atomic E-state index is 12.0. The largest absolute Gasteiger partial charge is 0.466 e. The number of aryl methyl sites for hydroxylation is 1. The van der Waals surface area contributed by atoms with E-state index in [1.807, 2.05) is 30.3 Å². The summed E-state index contributed by atoms with van der Waals surface area (Å²) < 4.78 is 4.58. The number of ether oxygens (including phenoxy) is 1. The molecule has 0 fully saturated rings. The lowest BCUT2D eigenvalue weighted by Crippen LogP contribution is -2.79. The van der Waals surface area contributed by atoms with Crippen LogP contribution in [-0.2, 0) is 20.7 Å². The normalized spacial score (nSPS) is 17.8. The van der Waals surface area contributed by atoms with Crippen molar-refractivity contribution in [1.29, 1.82) is 0 Å². The molecule has 20 heavy (non-hydrogen) atoms. The monoisotopic (exact) mass is 277 g/mol. The number of carbonyl (C=O) groups excluding carboxylic acids is 2. The maximum atomic E-state index is 12.0. The van der Waals surface area contributed by atoms with Gasteiger partial charge < -0.3 is 9.84 Å². The highest BCUT2D eigenvalue weighted by Crippen LogP contribution is 2.06. The Morgan fingerprint density at radius 2 is 2.10 bits per heavy atom. The molecule has 1 heterocycles. The summed E-state index contributed by atoms with van der Waals surface area (Å²) in [5, 5.41) is 9.67. The first kappa shape index (κ1) is 14.0. The number of carbonyl (C=O) groups is 2. The SMILES string of the molecule is COC(=O)C1CN(C(=O)CCc2ccccc2)C(O)=[NH+]1. The Hall–Kier alpha value is -2.37. The smallest absolute Gasteiger partial charge is 0.450 e. The lowest BCUT2D eigenvalue weighted by molar-refractivity contribution is -0.485. The topological polar surface area (TPSA) is 80.8 Å². The zero-order valence-electron chi connectivity index (χ0n) is 11.2. The van der Waals surface area contributed by atoms with Crippen LogP contribution in [0.15, 0.2) is 30.3 Å². The third-order valence-corrected chi connectivity index (χ3v) is 3.18. The molecule has 0 aromatic heterocycles. The zero-order valence-corrected chi connectivity index (χ0v) is 11.2.